The van der Waals surface area contributed by atoms with Gasteiger partial charge >= 0.3 is 5.97 Å². The standard InChI is InChI=1S/C9H12N6O2S/c1-14-6-10-3-7(14)5-18-9-11-12-13-15(9)4-8(16)17-2/h3,6H,4-5H2,1-2H3. The largest absolute Gasteiger partial charge is 0.468 e. The summed E-state index contributed by atoms with van der Waals surface area (Å²) in [6, 6.07) is 0. The van der Waals surface area contributed by atoms with Crippen LogP contribution in [-0.4, -0.2) is 42.8 Å². The van der Waals surface area contributed by atoms with Gasteiger partial charge in [0.25, 0.3) is 0 Å². The highest BCUT2D eigenvalue weighted by atomic mass is 32.2. The molecule has 0 saturated heterocycles. The zero-order chi connectivity index (χ0) is 13.0. The third-order valence-corrected chi connectivity index (χ3v) is 3.26. The van der Waals surface area contributed by atoms with E-state index in [1.54, 1.807) is 12.5 Å². The van der Waals surface area contributed by atoms with Gasteiger partial charge in [-0.1, -0.05) is 11.8 Å². The van der Waals surface area contributed by atoms with Gasteiger partial charge < -0.3 is 9.30 Å². The number of esters is 1. The zero-order valence-corrected chi connectivity index (χ0v) is 10.8. The molecule has 8 nitrogen and oxygen atoms in total. The Morgan fingerprint density at radius 1 is 1.56 bits per heavy atom. The molecule has 0 radical (unpaired) electrons. The lowest BCUT2D eigenvalue weighted by Crippen LogP contribution is -2.13. The first-order valence-corrected chi connectivity index (χ1v) is 6.10. The Morgan fingerprint density at radius 2 is 2.39 bits per heavy atom. The number of hydrogen-bond acceptors (Lipinski definition) is 7. The number of ether oxygens (including phenoxy) is 1. The number of hydrogen-bond donors (Lipinski definition) is 0. The monoisotopic (exact) mass is 268 g/mol. The van der Waals surface area contributed by atoms with Gasteiger partial charge in [0.2, 0.25) is 5.16 Å². The molecular formula is C9H12N6O2S. The second-order valence-electron chi connectivity index (χ2n) is 3.48. The van der Waals surface area contributed by atoms with Crippen LogP contribution in [0.15, 0.2) is 17.7 Å². The summed E-state index contributed by atoms with van der Waals surface area (Å²) in [7, 11) is 3.25. The van der Waals surface area contributed by atoms with Gasteiger partial charge in [0, 0.05) is 24.7 Å². The van der Waals surface area contributed by atoms with Crippen LogP contribution >= 0.6 is 11.8 Å². The van der Waals surface area contributed by atoms with Crippen molar-refractivity contribution in [2.75, 3.05) is 7.11 Å². The summed E-state index contributed by atoms with van der Waals surface area (Å²) in [4.78, 5) is 15.2. The van der Waals surface area contributed by atoms with E-state index in [0.717, 1.165) is 5.69 Å². The average molecular weight is 268 g/mol. The highest BCUT2D eigenvalue weighted by molar-refractivity contribution is 7.98. The van der Waals surface area contributed by atoms with E-state index in [1.165, 1.54) is 23.6 Å². The molecule has 2 aromatic heterocycles. The Morgan fingerprint density at radius 3 is 3.06 bits per heavy atom. The first-order valence-electron chi connectivity index (χ1n) is 5.11. The summed E-state index contributed by atoms with van der Waals surface area (Å²) in [5, 5.41) is 11.7. The number of methoxy groups -OCH3 is 1. The molecule has 0 aromatic carbocycles. The lowest BCUT2D eigenvalue weighted by molar-refractivity contribution is -0.141. The topological polar surface area (TPSA) is 87.7 Å². The van der Waals surface area contributed by atoms with E-state index in [4.69, 9.17) is 0 Å². The first kappa shape index (κ1) is 12.6. The molecule has 96 valence electrons. The Kier molecular flexibility index (Phi) is 3.92. The predicted octanol–water partition coefficient (Wildman–Crippen LogP) is -0.128. The molecule has 2 rings (SSSR count). The highest BCUT2D eigenvalue weighted by Gasteiger charge is 2.11. The predicted molar refractivity (Wildman–Crippen MR) is 62.6 cm³/mol. The molecule has 0 atom stereocenters. The molecule has 0 aliphatic heterocycles. The molecule has 0 saturated carbocycles. The van der Waals surface area contributed by atoms with Gasteiger partial charge in [-0.2, -0.15) is 0 Å². The SMILES string of the molecule is COC(=O)Cn1nnnc1SCc1cncn1C. The molecular weight excluding hydrogens is 256 g/mol. The molecule has 0 bridgehead atoms. The average Bonchev–Trinajstić information content (AvgIpc) is 2.96. The molecule has 0 unspecified atom stereocenters. The van der Waals surface area contributed by atoms with Crippen LogP contribution in [0.1, 0.15) is 5.69 Å². The summed E-state index contributed by atoms with van der Waals surface area (Å²) in [6.07, 6.45) is 3.51. The van der Waals surface area contributed by atoms with E-state index in [2.05, 4.69) is 25.2 Å². The van der Waals surface area contributed by atoms with Crippen molar-refractivity contribution >= 4 is 17.7 Å². The van der Waals surface area contributed by atoms with Gasteiger partial charge in [-0.25, -0.2) is 9.67 Å². The van der Waals surface area contributed by atoms with Crippen molar-refractivity contribution in [2.24, 2.45) is 7.05 Å². The number of carbonyl (C=O) groups is 1. The van der Waals surface area contributed by atoms with Gasteiger partial charge in [0.05, 0.1) is 13.4 Å². The van der Waals surface area contributed by atoms with Crippen molar-refractivity contribution in [1.82, 2.24) is 29.8 Å². The van der Waals surface area contributed by atoms with Crippen LogP contribution in [-0.2, 0) is 28.9 Å². The molecule has 2 aromatic rings. The minimum atomic E-state index is -0.385. The van der Waals surface area contributed by atoms with E-state index < -0.39 is 0 Å². The number of tetrazole rings is 1. The summed E-state index contributed by atoms with van der Waals surface area (Å²) in [5.74, 6) is 0.294. The maximum Gasteiger partial charge on any atom is 0.327 e. The van der Waals surface area contributed by atoms with Crippen LogP contribution in [0.25, 0.3) is 0 Å². The second-order valence-corrected chi connectivity index (χ2v) is 4.42. The molecule has 0 fully saturated rings. The third kappa shape index (κ3) is 2.86. The smallest absolute Gasteiger partial charge is 0.327 e. The van der Waals surface area contributed by atoms with Crippen molar-refractivity contribution in [1.29, 1.82) is 0 Å². The van der Waals surface area contributed by atoms with Crippen molar-refractivity contribution < 1.29 is 9.53 Å². The first-order chi connectivity index (χ1) is 8.70. The van der Waals surface area contributed by atoms with E-state index in [1.807, 2.05) is 11.6 Å². The van der Waals surface area contributed by atoms with Crippen LogP contribution in [0.2, 0.25) is 0 Å². The minimum Gasteiger partial charge on any atom is -0.468 e. The van der Waals surface area contributed by atoms with Crippen LogP contribution in [0.5, 0.6) is 0 Å². The lowest BCUT2D eigenvalue weighted by atomic mass is 10.5. The summed E-state index contributed by atoms with van der Waals surface area (Å²) in [6.45, 7) is 0.0111. The summed E-state index contributed by atoms with van der Waals surface area (Å²) >= 11 is 1.44. The number of imidazole rings is 1. The van der Waals surface area contributed by atoms with Crippen molar-refractivity contribution in [3.05, 3.63) is 18.2 Å². The van der Waals surface area contributed by atoms with E-state index in [9.17, 15) is 4.79 Å². The third-order valence-electron chi connectivity index (χ3n) is 2.27. The van der Waals surface area contributed by atoms with Crippen LogP contribution < -0.4 is 0 Å². The van der Waals surface area contributed by atoms with E-state index in [0.29, 0.717) is 10.9 Å². The molecule has 2 heterocycles. The minimum absolute atomic E-state index is 0.0111. The van der Waals surface area contributed by atoms with Crippen molar-refractivity contribution in [2.45, 2.75) is 17.5 Å². The van der Waals surface area contributed by atoms with E-state index >= 15 is 0 Å². The number of aryl methyl sites for hydroxylation is 1. The van der Waals surface area contributed by atoms with Gasteiger partial charge in [0.15, 0.2) is 0 Å². The summed E-state index contributed by atoms with van der Waals surface area (Å²) in [5.41, 5.74) is 1.05. The number of aromatic nitrogens is 6. The molecule has 0 aliphatic carbocycles. The molecule has 0 aliphatic rings. The zero-order valence-electron chi connectivity index (χ0n) is 9.98. The van der Waals surface area contributed by atoms with Crippen LogP contribution in [0.4, 0.5) is 0 Å². The second kappa shape index (κ2) is 5.63. The van der Waals surface area contributed by atoms with Crippen molar-refractivity contribution in [3.63, 3.8) is 0 Å². The number of thioether (sulfide) groups is 1. The quantitative estimate of drug-likeness (QED) is 0.551. The number of carbonyl (C=O) groups excluding carboxylic acids is 1. The molecule has 0 spiro atoms. The van der Waals surface area contributed by atoms with E-state index in [-0.39, 0.29) is 12.5 Å². The van der Waals surface area contributed by atoms with Gasteiger partial charge in [-0.05, 0) is 10.4 Å². The molecule has 18 heavy (non-hydrogen) atoms. The Hall–Kier alpha value is -1.90. The van der Waals surface area contributed by atoms with Gasteiger partial charge in [0.1, 0.15) is 6.54 Å². The Balaban J connectivity index is 2.00. The maximum atomic E-state index is 11.2. The van der Waals surface area contributed by atoms with Crippen LogP contribution in [0.3, 0.4) is 0 Å². The molecule has 0 N–H and O–H groups in total. The fraction of sp³-hybridized carbons (Fsp3) is 0.444. The number of rotatable bonds is 5. The molecule has 0 amide bonds. The fourth-order valence-corrected chi connectivity index (χ4v) is 2.15. The maximum absolute atomic E-state index is 11.2. The van der Waals surface area contributed by atoms with Crippen LogP contribution in [0, 0.1) is 0 Å². The Bertz CT molecular complexity index is 537. The Labute approximate surface area is 107 Å². The molecule has 9 heteroatoms. The lowest BCUT2D eigenvalue weighted by Gasteiger charge is -2.03. The van der Waals surface area contributed by atoms with Gasteiger partial charge in [-0.3, -0.25) is 4.79 Å². The normalized spacial score (nSPS) is 10.6. The highest BCUT2D eigenvalue weighted by Crippen LogP contribution is 2.19. The summed E-state index contributed by atoms with van der Waals surface area (Å²) < 4.78 is 7.90. The van der Waals surface area contributed by atoms with Gasteiger partial charge in [-0.15, -0.1) is 5.10 Å². The van der Waals surface area contributed by atoms with Crippen molar-refractivity contribution in [3.8, 4) is 0 Å². The fourth-order valence-electron chi connectivity index (χ4n) is 1.25. The number of nitrogens with zero attached hydrogens (tertiary/aromatic N) is 6.